The number of anilines is 2. The van der Waals surface area contributed by atoms with E-state index in [-0.39, 0.29) is 34.2 Å². The normalized spacial score (nSPS) is 10.8. The maximum Gasteiger partial charge on any atom is 0.257 e. The molecule has 1 aromatic heterocycles. The predicted octanol–water partition coefficient (Wildman–Crippen LogP) is -2.11. The third-order valence-electron chi connectivity index (χ3n) is 3.31. The van der Waals surface area contributed by atoms with Crippen molar-refractivity contribution in [3.63, 3.8) is 0 Å². The maximum atomic E-state index is 12.2. The standard InChI is InChI=1S/C15H20N4O4S.ClH/c1-13(20)16-14-4-6-15(7-5-14)19(21)24(22,23)11-3-8-18-10-9-17(2)12-18;/h4-7,9-10,12,21H,3,8,11H2,1-2H3;1H. The van der Waals surface area contributed by atoms with E-state index in [0.717, 1.165) is 0 Å². The quantitative estimate of drug-likeness (QED) is 0.419. The third kappa shape index (κ3) is 6.04. The summed E-state index contributed by atoms with van der Waals surface area (Å²) in [7, 11) is -1.95. The van der Waals surface area contributed by atoms with Gasteiger partial charge in [-0.2, -0.15) is 0 Å². The number of halogens is 1. The molecule has 2 aromatic rings. The Balaban J connectivity index is 0.00000312. The summed E-state index contributed by atoms with van der Waals surface area (Å²) in [5.41, 5.74) is 0.647. The van der Waals surface area contributed by atoms with E-state index >= 15 is 0 Å². The Kier molecular flexibility index (Phi) is 7.40. The Hall–Kier alpha value is -2.10. The van der Waals surface area contributed by atoms with Crippen molar-refractivity contribution in [2.24, 2.45) is 7.05 Å². The van der Waals surface area contributed by atoms with Crippen molar-refractivity contribution in [2.45, 2.75) is 19.9 Å². The summed E-state index contributed by atoms with van der Waals surface area (Å²) in [6.45, 7) is 1.91. The van der Waals surface area contributed by atoms with E-state index in [2.05, 4.69) is 5.32 Å². The minimum atomic E-state index is -3.83. The van der Waals surface area contributed by atoms with E-state index < -0.39 is 10.0 Å². The number of nitrogens with zero attached hydrogens (tertiary/aromatic N) is 3. The van der Waals surface area contributed by atoms with Crippen LogP contribution >= 0.6 is 0 Å². The number of sulfonamides is 1. The minimum Gasteiger partial charge on any atom is -1.00 e. The number of amides is 1. The zero-order valence-electron chi connectivity index (χ0n) is 14.0. The number of hydrogen-bond donors (Lipinski definition) is 2. The smallest absolute Gasteiger partial charge is 0.257 e. The summed E-state index contributed by atoms with van der Waals surface area (Å²) in [4.78, 5) is 11.0. The van der Waals surface area contributed by atoms with Gasteiger partial charge in [-0.15, -0.1) is 4.47 Å². The molecule has 1 heterocycles. The lowest BCUT2D eigenvalue weighted by molar-refractivity contribution is -0.671. The Morgan fingerprint density at radius 3 is 2.48 bits per heavy atom. The number of carbonyl (C=O) groups is 1. The molecule has 0 radical (unpaired) electrons. The highest BCUT2D eigenvalue weighted by atomic mass is 35.5. The molecule has 2 rings (SSSR count). The van der Waals surface area contributed by atoms with Gasteiger partial charge >= 0.3 is 0 Å². The summed E-state index contributed by atoms with van der Waals surface area (Å²) < 4.78 is 28.4. The fourth-order valence-electron chi connectivity index (χ4n) is 2.19. The maximum absolute atomic E-state index is 12.2. The molecule has 138 valence electrons. The first kappa shape index (κ1) is 20.9. The number of nitrogens with one attached hydrogen (secondary N) is 1. The fourth-order valence-corrected chi connectivity index (χ4v) is 3.30. The second-order valence-corrected chi connectivity index (χ2v) is 7.38. The van der Waals surface area contributed by atoms with Gasteiger partial charge in [0.2, 0.25) is 12.2 Å². The fraction of sp³-hybridized carbons (Fsp3) is 0.333. The molecular weight excluding hydrogens is 368 g/mol. The summed E-state index contributed by atoms with van der Waals surface area (Å²) in [5.74, 6) is -0.409. The predicted molar refractivity (Wildman–Crippen MR) is 89.0 cm³/mol. The second-order valence-electron chi connectivity index (χ2n) is 5.46. The summed E-state index contributed by atoms with van der Waals surface area (Å²) in [6.07, 6.45) is 5.94. The Bertz CT molecular complexity index is 805. The van der Waals surface area contributed by atoms with Crippen molar-refractivity contribution in [3.05, 3.63) is 43.0 Å². The number of imidazole rings is 1. The molecule has 0 fully saturated rings. The summed E-state index contributed by atoms with van der Waals surface area (Å²) >= 11 is 0. The van der Waals surface area contributed by atoms with Crippen molar-refractivity contribution < 1.29 is 35.4 Å². The molecule has 25 heavy (non-hydrogen) atoms. The van der Waals surface area contributed by atoms with Crippen LogP contribution in [0.5, 0.6) is 0 Å². The molecule has 0 saturated heterocycles. The third-order valence-corrected chi connectivity index (χ3v) is 4.86. The van der Waals surface area contributed by atoms with E-state index in [1.807, 2.05) is 34.9 Å². The molecule has 2 N–H and O–H groups in total. The van der Waals surface area contributed by atoms with Gasteiger partial charge in [-0.25, -0.2) is 17.6 Å². The SMILES string of the molecule is CC(=O)Nc1ccc(N(O)S(=O)(=O)CCCn2cc[n+](C)c2)cc1.[Cl-]. The molecule has 0 aliphatic carbocycles. The second kappa shape index (κ2) is 8.84. The molecule has 0 atom stereocenters. The van der Waals surface area contributed by atoms with Gasteiger partial charge < -0.3 is 17.7 Å². The monoisotopic (exact) mass is 388 g/mol. The van der Waals surface area contributed by atoms with Crippen molar-refractivity contribution in [2.75, 3.05) is 15.5 Å². The Labute approximate surface area is 153 Å². The average molecular weight is 389 g/mol. The highest BCUT2D eigenvalue weighted by Crippen LogP contribution is 2.19. The molecular formula is C15H21ClN4O4S. The molecule has 0 spiro atoms. The Morgan fingerprint density at radius 2 is 1.96 bits per heavy atom. The van der Waals surface area contributed by atoms with Crippen LogP contribution in [0.2, 0.25) is 0 Å². The van der Waals surface area contributed by atoms with Crippen molar-refractivity contribution >= 4 is 27.3 Å². The summed E-state index contributed by atoms with van der Waals surface area (Å²) in [6, 6.07) is 5.90. The van der Waals surface area contributed by atoms with E-state index in [4.69, 9.17) is 0 Å². The van der Waals surface area contributed by atoms with Gasteiger partial charge in [-0.05, 0) is 24.3 Å². The van der Waals surface area contributed by atoms with Gasteiger partial charge in [-0.3, -0.25) is 10.0 Å². The number of hydrogen-bond acceptors (Lipinski definition) is 4. The molecule has 8 nitrogen and oxygen atoms in total. The highest BCUT2D eigenvalue weighted by molar-refractivity contribution is 7.92. The molecule has 0 aliphatic heterocycles. The van der Waals surface area contributed by atoms with Crippen molar-refractivity contribution in [3.8, 4) is 0 Å². The van der Waals surface area contributed by atoms with Crippen LogP contribution in [-0.4, -0.2) is 29.9 Å². The average Bonchev–Trinajstić information content (AvgIpc) is 2.92. The number of aromatic nitrogens is 2. The lowest BCUT2D eigenvalue weighted by Gasteiger charge is -2.17. The van der Waals surface area contributed by atoms with Crippen LogP contribution in [0.25, 0.3) is 0 Å². The van der Waals surface area contributed by atoms with E-state index in [1.165, 1.54) is 31.2 Å². The lowest BCUT2D eigenvalue weighted by atomic mass is 10.3. The van der Waals surface area contributed by atoms with Crippen LogP contribution in [0.15, 0.2) is 43.0 Å². The number of benzene rings is 1. The van der Waals surface area contributed by atoms with Crippen LogP contribution in [0.4, 0.5) is 11.4 Å². The van der Waals surface area contributed by atoms with Crippen molar-refractivity contribution in [1.82, 2.24) is 4.57 Å². The Morgan fingerprint density at radius 1 is 1.32 bits per heavy atom. The van der Waals surface area contributed by atoms with Crippen LogP contribution in [-0.2, 0) is 28.4 Å². The lowest BCUT2D eigenvalue weighted by Crippen LogP contribution is -3.00. The van der Waals surface area contributed by atoms with Gasteiger partial charge in [0, 0.05) is 19.0 Å². The van der Waals surface area contributed by atoms with Crippen LogP contribution < -0.4 is 26.8 Å². The first-order valence-electron chi connectivity index (χ1n) is 7.38. The number of carbonyl (C=O) groups excluding carboxylic acids is 1. The van der Waals surface area contributed by atoms with Crippen molar-refractivity contribution in [1.29, 1.82) is 0 Å². The molecule has 0 saturated carbocycles. The molecule has 0 bridgehead atoms. The van der Waals surface area contributed by atoms with E-state index in [1.54, 1.807) is 0 Å². The van der Waals surface area contributed by atoms with Crippen LogP contribution in [0, 0.1) is 0 Å². The van der Waals surface area contributed by atoms with Gasteiger partial charge in [0.1, 0.15) is 12.4 Å². The molecule has 0 aliphatic rings. The molecule has 10 heteroatoms. The number of aryl methyl sites for hydroxylation is 2. The largest absolute Gasteiger partial charge is 1.00 e. The van der Waals surface area contributed by atoms with Gasteiger partial charge in [0.25, 0.3) is 10.0 Å². The van der Waals surface area contributed by atoms with E-state index in [0.29, 0.717) is 18.7 Å². The van der Waals surface area contributed by atoms with Gasteiger partial charge in [-0.1, -0.05) is 0 Å². The number of rotatable bonds is 7. The van der Waals surface area contributed by atoms with Gasteiger partial charge in [0.05, 0.1) is 25.0 Å². The minimum absolute atomic E-state index is 0. The first-order chi connectivity index (χ1) is 11.3. The van der Waals surface area contributed by atoms with Crippen LogP contribution in [0.1, 0.15) is 13.3 Å². The topological polar surface area (TPSA) is 95.5 Å². The van der Waals surface area contributed by atoms with Gasteiger partial charge in [0.15, 0.2) is 0 Å². The molecule has 1 amide bonds. The zero-order chi connectivity index (χ0) is 17.7. The zero-order valence-corrected chi connectivity index (χ0v) is 15.5. The van der Waals surface area contributed by atoms with Crippen LogP contribution in [0.3, 0.4) is 0 Å². The van der Waals surface area contributed by atoms with E-state index in [9.17, 15) is 18.4 Å². The highest BCUT2D eigenvalue weighted by Gasteiger charge is 2.21. The molecule has 1 aromatic carbocycles. The first-order valence-corrected chi connectivity index (χ1v) is 8.99. The summed E-state index contributed by atoms with van der Waals surface area (Å²) in [5, 5.41) is 12.5. The molecule has 0 unspecified atom stereocenters.